The molecule has 8 heteroatoms. The average Bonchev–Trinajstić information content (AvgIpc) is 3.37. The molecule has 0 bridgehead atoms. The molecule has 2 atom stereocenters. The van der Waals surface area contributed by atoms with Crippen LogP contribution >= 0.6 is 0 Å². The first kappa shape index (κ1) is 27.1. The van der Waals surface area contributed by atoms with Gasteiger partial charge in [0.1, 0.15) is 18.1 Å². The van der Waals surface area contributed by atoms with Crippen LogP contribution in [0.4, 0.5) is 11.4 Å². The number of aryl methyl sites for hydroxylation is 1. The van der Waals surface area contributed by atoms with Gasteiger partial charge in [0, 0.05) is 32.0 Å². The van der Waals surface area contributed by atoms with Crippen molar-refractivity contribution in [3.8, 4) is 0 Å². The van der Waals surface area contributed by atoms with Crippen LogP contribution in [0.15, 0.2) is 84.9 Å². The third-order valence-electron chi connectivity index (χ3n) is 7.64. The average molecular weight is 537 g/mol. The second-order valence-electron chi connectivity index (χ2n) is 10.6. The molecule has 4 aromatic rings. The van der Waals surface area contributed by atoms with Crippen LogP contribution in [-0.4, -0.2) is 51.8 Å². The lowest BCUT2D eigenvalue weighted by Crippen LogP contribution is -2.52. The van der Waals surface area contributed by atoms with Crippen molar-refractivity contribution < 1.29 is 9.59 Å². The number of fused-ring (bicyclic) bond motifs is 1. The number of allylic oxidation sites excluding steroid dienone is 2. The molecule has 0 spiro atoms. The van der Waals surface area contributed by atoms with Gasteiger partial charge >= 0.3 is 0 Å². The SMILES string of the molecule is Cc1ccccc1CN(C(=O)Cn1nnc2ccccc21)C(C(=O)Nc1ccc(N(C)C)cc1)C1CC=CCC1. The molecule has 0 aliphatic heterocycles. The first-order valence-electron chi connectivity index (χ1n) is 13.8. The molecule has 206 valence electrons. The normalized spacial score (nSPS) is 15.5. The van der Waals surface area contributed by atoms with Crippen LogP contribution in [0.5, 0.6) is 0 Å². The maximum Gasteiger partial charge on any atom is 0.247 e. The van der Waals surface area contributed by atoms with Crippen molar-refractivity contribution in [3.63, 3.8) is 0 Å². The highest BCUT2D eigenvalue weighted by atomic mass is 16.2. The van der Waals surface area contributed by atoms with Gasteiger partial charge in [-0.05, 0) is 79.6 Å². The zero-order valence-electron chi connectivity index (χ0n) is 23.3. The number of anilines is 2. The summed E-state index contributed by atoms with van der Waals surface area (Å²) in [5.74, 6) is -0.355. The van der Waals surface area contributed by atoms with E-state index in [1.165, 1.54) is 0 Å². The summed E-state index contributed by atoms with van der Waals surface area (Å²) in [6.45, 7) is 2.36. The predicted octanol–water partition coefficient (Wildman–Crippen LogP) is 5.20. The number of benzene rings is 3. The Bertz CT molecular complexity index is 1510. The summed E-state index contributed by atoms with van der Waals surface area (Å²) in [6, 6.07) is 22.7. The summed E-state index contributed by atoms with van der Waals surface area (Å²) < 4.78 is 1.62. The summed E-state index contributed by atoms with van der Waals surface area (Å²) in [5.41, 5.74) is 5.36. The van der Waals surface area contributed by atoms with Gasteiger partial charge in [0.2, 0.25) is 11.8 Å². The molecule has 0 saturated heterocycles. The number of hydrogen-bond donors (Lipinski definition) is 1. The largest absolute Gasteiger partial charge is 0.378 e. The van der Waals surface area contributed by atoms with Crippen LogP contribution < -0.4 is 10.2 Å². The quantitative estimate of drug-likeness (QED) is 0.298. The topological polar surface area (TPSA) is 83.4 Å². The highest BCUT2D eigenvalue weighted by Crippen LogP contribution is 2.29. The van der Waals surface area contributed by atoms with E-state index in [1.807, 2.05) is 98.7 Å². The monoisotopic (exact) mass is 536 g/mol. The number of amides is 2. The molecule has 1 aromatic heterocycles. The highest BCUT2D eigenvalue weighted by molar-refractivity contribution is 5.97. The standard InChI is InChI=1S/C32H36N6O2/c1-23-11-7-8-14-25(23)21-37(30(39)22-38-29-16-10-9-15-28(29)34-35-38)31(24-12-5-4-6-13-24)32(40)33-26-17-19-27(20-18-26)36(2)3/h4-5,7-11,14-20,24,31H,6,12-13,21-22H2,1-3H3,(H,33,40). The van der Waals surface area contributed by atoms with E-state index in [1.54, 1.807) is 9.58 Å². The van der Waals surface area contributed by atoms with Crippen LogP contribution in [0.1, 0.15) is 30.4 Å². The smallest absolute Gasteiger partial charge is 0.247 e. The molecule has 1 aliphatic rings. The molecular weight excluding hydrogens is 500 g/mol. The highest BCUT2D eigenvalue weighted by Gasteiger charge is 2.37. The third kappa shape index (κ3) is 6.06. The van der Waals surface area contributed by atoms with E-state index in [0.717, 1.165) is 47.1 Å². The number of aromatic nitrogens is 3. The minimum atomic E-state index is -0.652. The fraction of sp³-hybridized carbons (Fsp3) is 0.312. The van der Waals surface area contributed by atoms with E-state index in [2.05, 4.69) is 27.8 Å². The van der Waals surface area contributed by atoms with E-state index in [9.17, 15) is 9.59 Å². The fourth-order valence-electron chi connectivity index (χ4n) is 5.34. The Morgan fingerprint density at radius 1 is 1.00 bits per heavy atom. The van der Waals surface area contributed by atoms with Gasteiger partial charge in [-0.1, -0.05) is 53.8 Å². The van der Waals surface area contributed by atoms with Crippen LogP contribution in [0.2, 0.25) is 0 Å². The van der Waals surface area contributed by atoms with Crippen LogP contribution in [0.3, 0.4) is 0 Å². The summed E-state index contributed by atoms with van der Waals surface area (Å²) in [6.07, 6.45) is 6.73. The van der Waals surface area contributed by atoms with Gasteiger partial charge in [0.15, 0.2) is 0 Å². The van der Waals surface area contributed by atoms with Crippen molar-refractivity contribution >= 4 is 34.2 Å². The molecule has 2 unspecified atom stereocenters. The Balaban J connectivity index is 1.50. The Hall–Kier alpha value is -4.46. The molecule has 40 heavy (non-hydrogen) atoms. The summed E-state index contributed by atoms with van der Waals surface area (Å²) in [4.78, 5) is 32.0. The van der Waals surface area contributed by atoms with E-state index < -0.39 is 6.04 Å². The maximum atomic E-state index is 14.2. The number of hydrogen-bond acceptors (Lipinski definition) is 5. The van der Waals surface area contributed by atoms with Gasteiger partial charge in [0.25, 0.3) is 0 Å². The second-order valence-corrected chi connectivity index (χ2v) is 10.6. The van der Waals surface area contributed by atoms with Gasteiger partial charge in [-0.2, -0.15) is 0 Å². The number of nitrogens with one attached hydrogen (secondary N) is 1. The lowest BCUT2D eigenvalue weighted by atomic mass is 9.85. The first-order chi connectivity index (χ1) is 19.4. The molecule has 1 aliphatic carbocycles. The molecule has 1 heterocycles. The van der Waals surface area contributed by atoms with Crippen molar-refractivity contribution in [3.05, 3.63) is 96.1 Å². The fourth-order valence-corrected chi connectivity index (χ4v) is 5.34. The van der Waals surface area contributed by atoms with Crippen molar-refractivity contribution in [1.82, 2.24) is 19.9 Å². The van der Waals surface area contributed by atoms with Gasteiger partial charge in [-0.25, -0.2) is 4.68 Å². The number of carbonyl (C=O) groups is 2. The number of carbonyl (C=O) groups excluding carboxylic acids is 2. The molecule has 0 saturated carbocycles. The molecule has 2 amide bonds. The Labute approximate surface area is 235 Å². The summed E-state index contributed by atoms with van der Waals surface area (Å²) in [5, 5.41) is 11.6. The van der Waals surface area contributed by atoms with Crippen molar-refractivity contribution in [2.75, 3.05) is 24.3 Å². The van der Waals surface area contributed by atoms with Crippen LogP contribution in [0.25, 0.3) is 11.0 Å². The van der Waals surface area contributed by atoms with E-state index in [0.29, 0.717) is 12.2 Å². The third-order valence-corrected chi connectivity index (χ3v) is 7.64. The predicted molar refractivity (Wildman–Crippen MR) is 159 cm³/mol. The first-order valence-corrected chi connectivity index (χ1v) is 13.8. The molecular formula is C32H36N6O2. The molecule has 0 radical (unpaired) electrons. The molecule has 5 rings (SSSR count). The van der Waals surface area contributed by atoms with E-state index >= 15 is 0 Å². The van der Waals surface area contributed by atoms with Crippen molar-refractivity contribution in [1.29, 1.82) is 0 Å². The zero-order chi connectivity index (χ0) is 28.1. The Kier molecular flexibility index (Phi) is 8.24. The molecule has 3 aromatic carbocycles. The van der Waals surface area contributed by atoms with Crippen molar-refractivity contribution in [2.24, 2.45) is 5.92 Å². The summed E-state index contributed by atoms with van der Waals surface area (Å²) >= 11 is 0. The van der Waals surface area contributed by atoms with E-state index in [4.69, 9.17) is 0 Å². The minimum absolute atomic E-state index is 0.00370. The number of nitrogens with zero attached hydrogens (tertiary/aromatic N) is 5. The van der Waals surface area contributed by atoms with Gasteiger partial charge in [-0.15, -0.1) is 5.10 Å². The lowest BCUT2D eigenvalue weighted by molar-refractivity contribution is -0.142. The Morgan fingerprint density at radius 2 is 1.75 bits per heavy atom. The van der Waals surface area contributed by atoms with Gasteiger partial charge in [0.05, 0.1) is 5.52 Å². The maximum absolute atomic E-state index is 14.2. The second kappa shape index (κ2) is 12.2. The molecule has 0 fully saturated rings. The lowest BCUT2D eigenvalue weighted by Gasteiger charge is -2.37. The number of para-hydroxylation sites is 1. The molecule has 8 nitrogen and oxygen atoms in total. The van der Waals surface area contributed by atoms with Gasteiger partial charge < -0.3 is 15.1 Å². The number of rotatable bonds is 9. The zero-order valence-corrected chi connectivity index (χ0v) is 23.3. The summed E-state index contributed by atoms with van der Waals surface area (Å²) in [7, 11) is 3.96. The van der Waals surface area contributed by atoms with E-state index in [-0.39, 0.29) is 24.3 Å². The van der Waals surface area contributed by atoms with Gasteiger partial charge in [-0.3, -0.25) is 9.59 Å². The van der Waals surface area contributed by atoms with Crippen LogP contribution in [0, 0.1) is 12.8 Å². The van der Waals surface area contributed by atoms with Crippen molar-refractivity contribution in [2.45, 2.75) is 45.3 Å². The Morgan fingerprint density at radius 3 is 2.48 bits per heavy atom. The minimum Gasteiger partial charge on any atom is -0.378 e. The molecule has 1 N–H and O–H groups in total. The van der Waals surface area contributed by atoms with Crippen LogP contribution in [-0.2, 0) is 22.7 Å².